The monoisotopic (exact) mass is 654 g/mol. The topological polar surface area (TPSA) is 121 Å². The standard InChI is InChI=1S/C39H50N4O5/c1-7-43(26(2)44)32-19-13-27(14-20-32)21-34(45)41-31-22-33(28-11-9-8-10-12-28)35(40-23-31)29-15-17-30(18-16-29)39(24-38(6,47)25-39)48-36(46)42-37(3,4)5/h8-12,15-18,22-23,27,32,47H,7,13-14,19-21,24-25H2,1-6H3,(H,41,45)(H,42,46). The molecule has 3 N–H and O–H groups in total. The lowest BCUT2D eigenvalue weighted by molar-refractivity contribution is -0.177. The number of rotatable bonds is 9. The third kappa shape index (κ3) is 8.42. The highest BCUT2D eigenvalue weighted by Gasteiger charge is 2.55. The third-order valence-corrected chi connectivity index (χ3v) is 9.51. The first kappa shape index (κ1) is 35.1. The summed E-state index contributed by atoms with van der Waals surface area (Å²) in [6.07, 6.45) is 5.92. The Morgan fingerprint density at radius 1 is 0.979 bits per heavy atom. The number of ether oxygens (including phenoxy) is 1. The largest absolute Gasteiger partial charge is 0.438 e. The Hall–Kier alpha value is -4.24. The fraction of sp³-hybridized carbons (Fsp3) is 0.487. The summed E-state index contributed by atoms with van der Waals surface area (Å²) in [5.74, 6) is 0.371. The lowest BCUT2D eigenvalue weighted by Gasteiger charge is -2.51. The van der Waals surface area contributed by atoms with Crippen LogP contribution < -0.4 is 10.6 Å². The van der Waals surface area contributed by atoms with Crippen molar-refractivity contribution >= 4 is 23.6 Å². The Kier molecular flexibility index (Phi) is 10.3. The van der Waals surface area contributed by atoms with E-state index in [2.05, 4.69) is 10.6 Å². The molecule has 2 saturated carbocycles. The van der Waals surface area contributed by atoms with Crippen molar-refractivity contribution < 1.29 is 24.2 Å². The minimum Gasteiger partial charge on any atom is -0.438 e. The number of hydrogen-bond acceptors (Lipinski definition) is 6. The molecule has 5 rings (SSSR count). The number of benzene rings is 2. The highest BCUT2D eigenvalue weighted by atomic mass is 16.6. The molecule has 0 radical (unpaired) electrons. The van der Waals surface area contributed by atoms with Gasteiger partial charge in [-0.2, -0.15) is 0 Å². The first-order valence-corrected chi connectivity index (χ1v) is 17.1. The summed E-state index contributed by atoms with van der Waals surface area (Å²) in [5.41, 5.74) is 2.63. The second-order valence-corrected chi connectivity index (χ2v) is 14.9. The van der Waals surface area contributed by atoms with E-state index < -0.39 is 22.8 Å². The molecule has 0 saturated heterocycles. The maximum absolute atomic E-state index is 13.2. The molecule has 9 heteroatoms. The average molecular weight is 655 g/mol. The van der Waals surface area contributed by atoms with Crippen molar-refractivity contribution in [3.8, 4) is 22.4 Å². The van der Waals surface area contributed by atoms with Gasteiger partial charge in [-0.25, -0.2) is 4.79 Å². The maximum atomic E-state index is 13.2. The van der Waals surface area contributed by atoms with Crippen LogP contribution >= 0.6 is 0 Å². The quantitative estimate of drug-likeness (QED) is 0.221. The number of anilines is 1. The second kappa shape index (κ2) is 14.1. The van der Waals surface area contributed by atoms with Crippen LogP contribution in [0.15, 0.2) is 66.9 Å². The summed E-state index contributed by atoms with van der Waals surface area (Å²) in [6.45, 7) is 11.8. The summed E-state index contributed by atoms with van der Waals surface area (Å²) in [6, 6.07) is 20.0. The number of carbonyl (C=O) groups excluding carboxylic acids is 3. The molecule has 3 aromatic rings. The van der Waals surface area contributed by atoms with E-state index in [9.17, 15) is 19.5 Å². The van der Waals surface area contributed by atoms with Gasteiger partial charge in [-0.05, 0) is 83.4 Å². The lowest BCUT2D eigenvalue weighted by atomic mass is 9.65. The Morgan fingerprint density at radius 3 is 2.19 bits per heavy atom. The summed E-state index contributed by atoms with van der Waals surface area (Å²) in [5, 5.41) is 16.6. The number of pyridine rings is 1. The van der Waals surface area contributed by atoms with Crippen LogP contribution in [0.3, 0.4) is 0 Å². The number of aliphatic hydroxyl groups is 1. The first-order valence-electron chi connectivity index (χ1n) is 17.1. The van der Waals surface area contributed by atoms with Gasteiger partial charge in [-0.15, -0.1) is 0 Å². The predicted octanol–water partition coefficient (Wildman–Crippen LogP) is 7.44. The Labute approximate surface area is 284 Å². The smallest absolute Gasteiger partial charge is 0.408 e. The Morgan fingerprint density at radius 2 is 1.62 bits per heavy atom. The molecule has 0 unspecified atom stereocenters. The normalized spacial score (nSPS) is 23.8. The molecule has 3 amide bonds. The number of nitrogens with one attached hydrogen (secondary N) is 2. The summed E-state index contributed by atoms with van der Waals surface area (Å²) in [4.78, 5) is 44.7. The van der Waals surface area contributed by atoms with E-state index in [1.165, 1.54) is 0 Å². The molecule has 0 atom stereocenters. The number of amides is 3. The van der Waals surface area contributed by atoms with Crippen LogP contribution in [0, 0.1) is 5.92 Å². The fourth-order valence-electron chi connectivity index (χ4n) is 7.43. The molecule has 0 aliphatic heterocycles. The second-order valence-electron chi connectivity index (χ2n) is 14.9. The van der Waals surface area contributed by atoms with Crippen molar-refractivity contribution in [1.29, 1.82) is 0 Å². The highest BCUT2D eigenvalue weighted by Crippen LogP contribution is 2.51. The number of aromatic nitrogens is 1. The van der Waals surface area contributed by atoms with Crippen molar-refractivity contribution in [2.45, 2.75) is 109 Å². The zero-order chi connectivity index (χ0) is 34.7. The molecule has 256 valence electrons. The van der Waals surface area contributed by atoms with Crippen LogP contribution in [-0.2, 0) is 19.9 Å². The van der Waals surface area contributed by atoms with Gasteiger partial charge in [0, 0.05) is 55.4 Å². The van der Waals surface area contributed by atoms with Crippen molar-refractivity contribution in [2.24, 2.45) is 5.92 Å². The molecule has 0 spiro atoms. The molecule has 48 heavy (non-hydrogen) atoms. The summed E-state index contributed by atoms with van der Waals surface area (Å²) in [7, 11) is 0. The van der Waals surface area contributed by atoms with Crippen molar-refractivity contribution in [3.63, 3.8) is 0 Å². The molecular formula is C39H50N4O5. The fourth-order valence-corrected chi connectivity index (χ4v) is 7.43. The Bertz CT molecular complexity index is 1600. The first-order chi connectivity index (χ1) is 22.7. The van der Waals surface area contributed by atoms with E-state index in [0.717, 1.165) is 60.2 Å². The van der Waals surface area contributed by atoms with Gasteiger partial charge in [0.2, 0.25) is 11.8 Å². The van der Waals surface area contributed by atoms with Crippen molar-refractivity contribution in [2.75, 3.05) is 11.9 Å². The SMILES string of the molecule is CCN(C(C)=O)C1CCC(CC(=O)Nc2cnc(-c3ccc(C4(OC(=O)NC(C)(C)C)CC(C)(O)C4)cc3)c(-c3ccccc3)c2)CC1. The van der Waals surface area contributed by atoms with Gasteiger partial charge in [0.1, 0.15) is 5.60 Å². The molecule has 0 bridgehead atoms. The van der Waals surface area contributed by atoms with Gasteiger partial charge in [0.05, 0.1) is 23.2 Å². The lowest BCUT2D eigenvalue weighted by Crippen LogP contribution is -2.57. The number of carbonyl (C=O) groups is 3. The molecule has 1 aromatic heterocycles. The number of nitrogens with zero attached hydrogens (tertiary/aromatic N) is 2. The maximum Gasteiger partial charge on any atom is 0.408 e. The molecule has 9 nitrogen and oxygen atoms in total. The van der Waals surface area contributed by atoms with E-state index in [0.29, 0.717) is 24.9 Å². The van der Waals surface area contributed by atoms with E-state index in [4.69, 9.17) is 9.72 Å². The summed E-state index contributed by atoms with van der Waals surface area (Å²) >= 11 is 0. The van der Waals surface area contributed by atoms with Gasteiger partial charge in [-0.1, -0.05) is 54.6 Å². The minimum absolute atomic E-state index is 0.0348. The summed E-state index contributed by atoms with van der Waals surface area (Å²) < 4.78 is 5.97. The zero-order valence-electron chi connectivity index (χ0n) is 29.1. The molecule has 2 fully saturated rings. The Balaban J connectivity index is 1.32. The van der Waals surface area contributed by atoms with Gasteiger partial charge in [-0.3, -0.25) is 14.6 Å². The van der Waals surface area contributed by atoms with Crippen LogP contribution in [0.4, 0.5) is 10.5 Å². The van der Waals surface area contributed by atoms with Gasteiger partial charge in [0.15, 0.2) is 0 Å². The van der Waals surface area contributed by atoms with E-state index in [1.807, 2.05) is 93.3 Å². The van der Waals surface area contributed by atoms with Crippen LogP contribution in [0.25, 0.3) is 22.4 Å². The molecule has 2 aliphatic rings. The van der Waals surface area contributed by atoms with Crippen molar-refractivity contribution in [1.82, 2.24) is 15.2 Å². The highest BCUT2D eigenvalue weighted by molar-refractivity contribution is 5.93. The predicted molar refractivity (Wildman–Crippen MR) is 188 cm³/mol. The minimum atomic E-state index is -0.927. The van der Waals surface area contributed by atoms with E-state index >= 15 is 0 Å². The van der Waals surface area contributed by atoms with Gasteiger partial charge >= 0.3 is 6.09 Å². The van der Waals surface area contributed by atoms with Gasteiger partial charge < -0.3 is 25.4 Å². The number of alkyl carbamates (subject to hydrolysis) is 1. The van der Waals surface area contributed by atoms with Crippen LogP contribution in [0.5, 0.6) is 0 Å². The van der Waals surface area contributed by atoms with E-state index in [1.54, 1.807) is 20.0 Å². The van der Waals surface area contributed by atoms with E-state index in [-0.39, 0.29) is 23.8 Å². The molecular weight excluding hydrogens is 604 g/mol. The molecule has 2 aromatic carbocycles. The third-order valence-electron chi connectivity index (χ3n) is 9.51. The average Bonchev–Trinajstić information content (AvgIpc) is 3.00. The number of hydrogen-bond donors (Lipinski definition) is 3. The molecule has 2 aliphatic carbocycles. The van der Waals surface area contributed by atoms with Crippen LogP contribution in [0.2, 0.25) is 0 Å². The van der Waals surface area contributed by atoms with Gasteiger partial charge in [0.25, 0.3) is 0 Å². The van der Waals surface area contributed by atoms with Crippen molar-refractivity contribution in [3.05, 3.63) is 72.4 Å². The zero-order valence-corrected chi connectivity index (χ0v) is 29.1. The molecule has 1 heterocycles. The van der Waals surface area contributed by atoms with Crippen LogP contribution in [0.1, 0.15) is 92.1 Å². The van der Waals surface area contributed by atoms with Crippen LogP contribution in [-0.4, -0.2) is 56.6 Å².